The van der Waals surface area contributed by atoms with E-state index in [0.717, 1.165) is 38.8 Å². The molecule has 0 aliphatic carbocycles. The van der Waals surface area contributed by atoms with Crippen molar-refractivity contribution < 1.29 is 9.72 Å². The van der Waals surface area contributed by atoms with Crippen LogP contribution in [0.15, 0.2) is 6.07 Å². The van der Waals surface area contributed by atoms with Crippen LogP contribution in [0.4, 0.5) is 10.7 Å². The van der Waals surface area contributed by atoms with E-state index in [0.29, 0.717) is 15.3 Å². The number of hydrogen-bond acceptors (Lipinski definition) is 5. The molecule has 1 aliphatic rings. The summed E-state index contributed by atoms with van der Waals surface area (Å²) in [6.45, 7) is 7.57. The number of hydrogen-bond donors (Lipinski definition) is 0. The van der Waals surface area contributed by atoms with Crippen molar-refractivity contribution in [1.82, 2.24) is 0 Å². The highest BCUT2D eigenvalue weighted by Gasteiger charge is 2.34. The minimum Gasteiger partial charge on any atom is -0.358 e. The average Bonchev–Trinajstić information content (AvgIpc) is 2.93. The van der Waals surface area contributed by atoms with Crippen molar-refractivity contribution in [3.63, 3.8) is 0 Å². The highest BCUT2D eigenvalue weighted by Crippen LogP contribution is 2.44. The van der Waals surface area contributed by atoms with Crippen molar-refractivity contribution in [2.24, 2.45) is 5.41 Å². The molecule has 0 saturated carbocycles. The van der Waals surface area contributed by atoms with Gasteiger partial charge in [-0.3, -0.25) is 14.9 Å². The van der Waals surface area contributed by atoms with Crippen LogP contribution < -0.4 is 4.90 Å². The maximum atomic E-state index is 11.5. The molecule has 5 nitrogen and oxygen atoms in total. The minimum atomic E-state index is -0.375. The number of rotatable bonds is 5. The molecule has 2 rings (SSSR count). The van der Waals surface area contributed by atoms with E-state index in [1.54, 1.807) is 0 Å². The lowest BCUT2D eigenvalue weighted by Crippen LogP contribution is -2.39. The maximum Gasteiger partial charge on any atom is 0.304 e. The van der Waals surface area contributed by atoms with Crippen LogP contribution in [0.5, 0.6) is 0 Å². The predicted octanol–water partition coefficient (Wildman–Crippen LogP) is 4.27. The zero-order valence-electron chi connectivity index (χ0n) is 12.8. The summed E-state index contributed by atoms with van der Waals surface area (Å²) in [6.07, 6.45) is 4.43. The molecular weight excluding hydrogens is 288 g/mol. The molecule has 0 spiro atoms. The third kappa shape index (κ3) is 3.10. The standard InChI is InChI=1S/C15H22N2O3S/c1-4-15(5-2)6-8-16(9-7-15)14-12(17(19)20)10-13(21-14)11(3)18/h10H,4-9H2,1-3H3. The molecule has 2 heterocycles. The lowest BCUT2D eigenvalue weighted by molar-refractivity contribution is -0.383. The number of Topliss-reactive ketones (excluding diaryl/α,β-unsaturated/α-hetero) is 1. The van der Waals surface area contributed by atoms with E-state index in [1.165, 1.54) is 24.3 Å². The lowest BCUT2D eigenvalue weighted by atomic mass is 9.74. The van der Waals surface area contributed by atoms with Gasteiger partial charge in [0.1, 0.15) is 0 Å². The Hall–Kier alpha value is -1.43. The second-order valence-electron chi connectivity index (χ2n) is 5.81. The van der Waals surface area contributed by atoms with Crippen LogP contribution >= 0.6 is 11.3 Å². The molecule has 21 heavy (non-hydrogen) atoms. The summed E-state index contributed by atoms with van der Waals surface area (Å²) in [7, 11) is 0. The van der Waals surface area contributed by atoms with Gasteiger partial charge in [-0.25, -0.2) is 0 Å². The topological polar surface area (TPSA) is 63.5 Å². The summed E-state index contributed by atoms with van der Waals surface area (Å²) in [5, 5.41) is 11.9. The monoisotopic (exact) mass is 310 g/mol. The Kier molecular flexibility index (Phi) is 4.66. The third-order valence-electron chi connectivity index (χ3n) is 4.85. The van der Waals surface area contributed by atoms with Crippen LogP contribution in [0.25, 0.3) is 0 Å². The number of carbonyl (C=O) groups is 1. The van der Waals surface area contributed by atoms with Gasteiger partial charge in [-0.05, 0) is 25.2 Å². The Labute approximate surface area is 129 Å². The second kappa shape index (κ2) is 6.13. The fourth-order valence-electron chi connectivity index (χ4n) is 3.04. The highest BCUT2D eigenvalue weighted by atomic mass is 32.1. The molecule has 6 heteroatoms. The molecule has 0 aromatic carbocycles. The van der Waals surface area contributed by atoms with Crippen LogP contribution in [0.2, 0.25) is 0 Å². The normalized spacial score (nSPS) is 17.8. The Morgan fingerprint density at radius 3 is 2.38 bits per heavy atom. The summed E-state index contributed by atoms with van der Waals surface area (Å²) in [4.78, 5) is 24.9. The average molecular weight is 310 g/mol. The third-order valence-corrected chi connectivity index (χ3v) is 6.13. The van der Waals surface area contributed by atoms with Gasteiger partial charge in [0.05, 0.1) is 9.80 Å². The van der Waals surface area contributed by atoms with Crippen molar-refractivity contribution >= 4 is 27.8 Å². The summed E-state index contributed by atoms with van der Waals surface area (Å²) < 4.78 is 0. The van der Waals surface area contributed by atoms with E-state index in [1.807, 2.05) is 0 Å². The molecule has 0 bridgehead atoms. The van der Waals surface area contributed by atoms with E-state index >= 15 is 0 Å². The van der Waals surface area contributed by atoms with E-state index < -0.39 is 0 Å². The van der Waals surface area contributed by atoms with Gasteiger partial charge in [0.25, 0.3) is 0 Å². The molecule has 1 fully saturated rings. The van der Waals surface area contributed by atoms with Gasteiger partial charge in [0.15, 0.2) is 10.8 Å². The van der Waals surface area contributed by atoms with Gasteiger partial charge in [-0.15, -0.1) is 11.3 Å². The van der Waals surface area contributed by atoms with Gasteiger partial charge >= 0.3 is 5.69 Å². The number of thiophene rings is 1. The predicted molar refractivity (Wildman–Crippen MR) is 85.4 cm³/mol. The first kappa shape index (κ1) is 15.9. The van der Waals surface area contributed by atoms with Crippen molar-refractivity contribution in [3.8, 4) is 0 Å². The van der Waals surface area contributed by atoms with E-state index in [9.17, 15) is 14.9 Å². The molecule has 116 valence electrons. The number of nitro groups is 1. The SMILES string of the molecule is CCC1(CC)CCN(c2sc(C(C)=O)cc2[N+](=O)[O-])CC1. The number of ketones is 1. The maximum absolute atomic E-state index is 11.5. The summed E-state index contributed by atoms with van der Waals surface area (Å²) in [6, 6.07) is 1.42. The first-order valence-electron chi connectivity index (χ1n) is 7.46. The second-order valence-corrected chi connectivity index (χ2v) is 6.84. The number of anilines is 1. The molecule has 1 aromatic heterocycles. The molecule has 1 aliphatic heterocycles. The van der Waals surface area contributed by atoms with E-state index in [2.05, 4.69) is 18.7 Å². The van der Waals surface area contributed by atoms with Crippen LogP contribution in [0, 0.1) is 15.5 Å². The Balaban J connectivity index is 2.23. The molecule has 0 atom stereocenters. The van der Waals surface area contributed by atoms with Crippen LogP contribution in [0.1, 0.15) is 56.1 Å². The smallest absolute Gasteiger partial charge is 0.304 e. The number of nitrogens with zero attached hydrogens (tertiary/aromatic N) is 2. The number of carbonyl (C=O) groups excluding carboxylic acids is 1. The molecular formula is C15H22N2O3S. The van der Waals surface area contributed by atoms with Crippen LogP contribution in [-0.2, 0) is 0 Å². The van der Waals surface area contributed by atoms with Crippen LogP contribution in [0.3, 0.4) is 0 Å². The van der Waals surface area contributed by atoms with Gasteiger partial charge in [-0.1, -0.05) is 26.7 Å². The summed E-state index contributed by atoms with van der Waals surface area (Å²) in [5.41, 5.74) is 0.456. The van der Waals surface area contributed by atoms with Crippen LogP contribution in [-0.4, -0.2) is 23.8 Å². The van der Waals surface area contributed by atoms with E-state index in [4.69, 9.17) is 0 Å². The Morgan fingerprint density at radius 2 is 1.95 bits per heavy atom. The van der Waals surface area contributed by atoms with Crippen molar-refractivity contribution in [1.29, 1.82) is 0 Å². The highest BCUT2D eigenvalue weighted by molar-refractivity contribution is 7.18. The summed E-state index contributed by atoms with van der Waals surface area (Å²) in [5.74, 6) is -0.108. The molecule has 1 aromatic rings. The number of piperidine rings is 1. The molecule has 1 saturated heterocycles. The zero-order chi connectivity index (χ0) is 15.6. The molecule has 0 unspecified atom stereocenters. The van der Waals surface area contributed by atoms with Gasteiger partial charge < -0.3 is 4.90 Å². The zero-order valence-corrected chi connectivity index (χ0v) is 13.7. The lowest BCUT2D eigenvalue weighted by Gasteiger charge is -2.41. The quantitative estimate of drug-likeness (QED) is 0.463. The fraction of sp³-hybridized carbons (Fsp3) is 0.667. The minimum absolute atomic E-state index is 0.0747. The Bertz CT molecular complexity index is 539. The van der Waals surface area contributed by atoms with Gasteiger partial charge in [0, 0.05) is 19.2 Å². The fourth-order valence-corrected chi connectivity index (χ4v) is 4.12. The van der Waals surface area contributed by atoms with Gasteiger partial charge in [-0.2, -0.15) is 0 Å². The Morgan fingerprint density at radius 1 is 1.38 bits per heavy atom. The van der Waals surface area contributed by atoms with E-state index in [-0.39, 0.29) is 16.4 Å². The van der Waals surface area contributed by atoms with Crippen molar-refractivity contribution in [2.45, 2.75) is 46.5 Å². The first-order chi connectivity index (χ1) is 9.92. The first-order valence-corrected chi connectivity index (χ1v) is 8.28. The molecule has 0 amide bonds. The summed E-state index contributed by atoms with van der Waals surface area (Å²) >= 11 is 1.25. The van der Waals surface area contributed by atoms with Gasteiger partial charge in [0.2, 0.25) is 0 Å². The largest absolute Gasteiger partial charge is 0.358 e. The van der Waals surface area contributed by atoms with Crippen molar-refractivity contribution in [3.05, 3.63) is 21.1 Å². The molecule has 0 radical (unpaired) electrons. The van der Waals surface area contributed by atoms with Crippen molar-refractivity contribution in [2.75, 3.05) is 18.0 Å². The molecule has 0 N–H and O–H groups in total.